The summed E-state index contributed by atoms with van der Waals surface area (Å²) in [6, 6.07) is 16.0. The third kappa shape index (κ3) is 3.21. The maximum atomic E-state index is 13.4. The first-order valence-corrected chi connectivity index (χ1v) is 9.31. The van der Waals surface area contributed by atoms with Crippen LogP contribution in [0.15, 0.2) is 71.5 Å². The van der Waals surface area contributed by atoms with Crippen LogP contribution in [0.2, 0.25) is 0 Å². The van der Waals surface area contributed by atoms with E-state index in [-0.39, 0.29) is 16.1 Å². The van der Waals surface area contributed by atoms with E-state index in [1.807, 2.05) is 0 Å². The molecule has 0 atom stereocenters. The lowest BCUT2D eigenvalue weighted by Gasteiger charge is -2.12. The Kier molecular flexibility index (Phi) is 4.50. The van der Waals surface area contributed by atoms with Crippen LogP contribution < -0.4 is 11.3 Å². The van der Waals surface area contributed by atoms with Crippen LogP contribution in [0.4, 0.5) is 18.2 Å². The van der Waals surface area contributed by atoms with Crippen molar-refractivity contribution in [3.8, 4) is 5.69 Å². The molecule has 0 amide bonds. The standard InChI is InChI=1S/C21H13F3N2O2S/c22-21(23,24)15-9-5-4-8-13(15)18(28)17-14-10-11-16(27)26(20(14)29-19(17)25)12-6-2-1-3-7-12/h1-11H,25H2. The number of benzene rings is 2. The third-order valence-electron chi connectivity index (χ3n) is 4.49. The second kappa shape index (κ2) is 6.89. The number of ketones is 1. The number of nitrogens with two attached hydrogens (primary N) is 1. The zero-order chi connectivity index (χ0) is 20.8. The molecule has 0 spiro atoms. The Hall–Kier alpha value is -3.39. The molecule has 0 aliphatic rings. The summed E-state index contributed by atoms with van der Waals surface area (Å²) in [7, 11) is 0. The number of fused-ring (bicyclic) bond motifs is 1. The minimum atomic E-state index is -4.68. The second-order valence-electron chi connectivity index (χ2n) is 6.28. The monoisotopic (exact) mass is 414 g/mol. The van der Waals surface area contributed by atoms with E-state index in [1.54, 1.807) is 30.3 Å². The van der Waals surface area contributed by atoms with Crippen molar-refractivity contribution in [3.63, 3.8) is 0 Å². The summed E-state index contributed by atoms with van der Waals surface area (Å²) in [5.74, 6) is -0.833. The van der Waals surface area contributed by atoms with Gasteiger partial charge in [0.2, 0.25) is 0 Å². The Morgan fingerprint density at radius 3 is 2.28 bits per heavy atom. The van der Waals surface area contributed by atoms with Crippen molar-refractivity contribution in [2.24, 2.45) is 0 Å². The maximum absolute atomic E-state index is 13.4. The highest BCUT2D eigenvalue weighted by molar-refractivity contribution is 7.22. The second-order valence-corrected chi connectivity index (χ2v) is 7.31. The minimum Gasteiger partial charge on any atom is -0.390 e. The molecule has 0 unspecified atom stereocenters. The highest BCUT2D eigenvalue weighted by Gasteiger charge is 2.36. The number of nitrogen functional groups attached to an aromatic ring is 1. The van der Waals surface area contributed by atoms with E-state index in [1.165, 1.54) is 28.8 Å². The van der Waals surface area contributed by atoms with Gasteiger partial charge >= 0.3 is 6.18 Å². The highest BCUT2D eigenvalue weighted by atomic mass is 32.1. The molecule has 4 nitrogen and oxygen atoms in total. The number of rotatable bonds is 3. The van der Waals surface area contributed by atoms with Gasteiger partial charge in [-0.3, -0.25) is 14.2 Å². The summed E-state index contributed by atoms with van der Waals surface area (Å²) < 4.78 is 41.5. The molecule has 8 heteroatoms. The van der Waals surface area contributed by atoms with Gasteiger partial charge in [-0.05, 0) is 24.3 Å². The Morgan fingerprint density at radius 2 is 1.59 bits per heavy atom. The van der Waals surface area contributed by atoms with E-state index < -0.39 is 23.1 Å². The minimum absolute atomic E-state index is 0.0358. The van der Waals surface area contributed by atoms with E-state index >= 15 is 0 Å². The Bertz CT molecular complexity index is 1290. The van der Waals surface area contributed by atoms with E-state index in [0.29, 0.717) is 15.9 Å². The van der Waals surface area contributed by atoms with Gasteiger partial charge in [-0.2, -0.15) is 13.2 Å². The van der Waals surface area contributed by atoms with Crippen LogP contribution in [0.5, 0.6) is 0 Å². The molecule has 2 aromatic heterocycles. The summed E-state index contributed by atoms with van der Waals surface area (Å²) in [5, 5.41) is 0.384. The number of halogens is 3. The zero-order valence-electron chi connectivity index (χ0n) is 14.7. The Balaban J connectivity index is 1.97. The number of pyridine rings is 1. The summed E-state index contributed by atoms with van der Waals surface area (Å²) in [4.78, 5) is 26.0. The van der Waals surface area contributed by atoms with Crippen LogP contribution in [0.3, 0.4) is 0 Å². The average Bonchev–Trinajstić information content (AvgIpc) is 3.03. The SMILES string of the molecule is Nc1sc2c(ccc(=O)n2-c2ccccc2)c1C(=O)c1ccccc1C(F)(F)F. The van der Waals surface area contributed by atoms with Crippen LogP contribution in [0, 0.1) is 0 Å². The smallest absolute Gasteiger partial charge is 0.390 e. The third-order valence-corrected chi connectivity index (χ3v) is 5.51. The number of carbonyl (C=O) groups is 1. The van der Waals surface area contributed by atoms with Crippen molar-refractivity contribution in [3.05, 3.63) is 93.8 Å². The van der Waals surface area contributed by atoms with Crippen LogP contribution in [-0.4, -0.2) is 10.4 Å². The van der Waals surface area contributed by atoms with Gasteiger partial charge in [-0.15, -0.1) is 0 Å². The number of aromatic nitrogens is 1. The lowest BCUT2D eigenvalue weighted by Crippen LogP contribution is -2.17. The van der Waals surface area contributed by atoms with Gasteiger partial charge in [-0.1, -0.05) is 47.7 Å². The van der Waals surface area contributed by atoms with Gasteiger partial charge < -0.3 is 5.73 Å². The summed E-state index contributed by atoms with van der Waals surface area (Å²) in [5.41, 5.74) is 4.74. The van der Waals surface area contributed by atoms with Crippen molar-refractivity contribution < 1.29 is 18.0 Å². The van der Waals surface area contributed by atoms with Crippen molar-refractivity contribution in [1.82, 2.24) is 4.57 Å². The first-order chi connectivity index (χ1) is 13.8. The summed E-state index contributed by atoms with van der Waals surface area (Å²) in [6.45, 7) is 0. The molecule has 2 heterocycles. The van der Waals surface area contributed by atoms with E-state index in [9.17, 15) is 22.8 Å². The van der Waals surface area contributed by atoms with Gasteiger partial charge in [0.1, 0.15) is 4.83 Å². The molecule has 29 heavy (non-hydrogen) atoms. The highest BCUT2D eigenvalue weighted by Crippen LogP contribution is 2.38. The fourth-order valence-corrected chi connectivity index (χ4v) is 4.30. The molecule has 0 bridgehead atoms. The molecule has 2 aromatic carbocycles. The number of hydrogen-bond donors (Lipinski definition) is 1. The van der Waals surface area contributed by atoms with Crippen molar-refractivity contribution in [2.75, 3.05) is 5.73 Å². The van der Waals surface area contributed by atoms with Gasteiger partial charge in [0.05, 0.1) is 21.8 Å². The molecule has 0 radical (unpaired) electrons. The van der Waals surface area contributed by atoms with E-state index in [4.69, 9.17) is 5.73 Å². The van der Waals surface area contributed by atoms with E-state index in [0.717, 1.165) is 23.5 Å². The summed E-state index contributed by atoms with van der Waals surface area (Å²) >= 11 is 0.989. The molecule has 0 fully saturated rings. The van der Waals surface area contributed by atoms with Gasteiger partial charge in [0, 0.05) is 17.0 Å². The van der Waals surface area contributed by atoms with Crippen molar-refractivity contribution in [2.45, 2.75) is 6.18 Å². The first-order valence-electron chi connectivity index (χ1n) is 8.49. The molecule has 0 saturated carbocycles. The predicted molar refractivity (Wildman–Crippen MR) is 107 cm³/mol. The number of alkyl halides is 3. The van der Waals surface area contributed by atoms with Gasteiger partial charge in [0.25, 0.3) is 5.56 Å². The molecule has 4 rings (SSSR count). The van der Waals surface area contributed by atoms with Crippen LogP contribution in [-0.2, 0) is 6.18 Å². The molecule has 0 aliphatic carbocycles. The maximum Gasteiger partial charge on any atom is 0.417 e. The molecular weight excluding hydrogens is 401 g/mol. The van der Waals surface area contributed by atoms with Crippen LogP contribution >= 0.6 is 11.3 Å². The van der Waals surface area contributed by atoms with Gasteiger partial charge in [-0.25, -0.2) is 0 Å². The van der Waals surface area contributed by atoms with Crippen LogP contribution in [0.1, 0.15) is 21.5 Å². The van der Waals surface area contributed by atoms with E-state index in [2.05, 4.69) is 0 Å². The largest absolute Gasteiger partial charge is 0.417 e. The number of nitrogens with zero attached hydrogens (tertiary/aromatic N) is 1. The quantitative estimate of drug-likeness (QED) is 0.486. The summed E-state index contributed by atoms with van der Waals surface area (Å²) in [6.07, 6.45) is -4.68. The fraction of sp³-hybridized carbons (Fsp3) is 0.0476. The number of anilines is 1. The number of hydrogen-bond acceptors (Lipinski definition) is 4. The average molecular weight is 414 g/mol. The topological polar surface area (TPSA) is 65.1 Å². The number of para-hydroxylation sites is 1. The fourth-order valence-electron chi connectivity index (χ4n) is 3.22. The zero-order valence-corrected chi connectivity index (χ0v) is 15.6. The molecular formula is C21H13F3N2O2S. The molecule has 2 N–H and O–H groups in total. The molecule has 4 aromatic rings. The Labute approximate surface area is 166 Å². The van der Waals surface area contributed by atoms with Crippen molar-refractivity contribution >= 4 is 32.3 Å². The number of thiophene rings is 1. The lowest BCUT2D eigenvalue weighted by molar-refractivity contribution is -0.137. The molecule has 146 valence electrons. The van der Waals surface area contributed by atoms with Crippen LogP contribution in [0.25, 0.3) is 15.9 Å². The normalized spacial score (nSPS) is 11.7. The first kappa shape index (κ1) is 18.9. The number of carbonyl (C=O) groups excluding carboxylic acids is 1. The lowest BCUT2D eigenvalue weighted by atomic mass is 9.97. The predicted octanol–water partition coefficient (Wildman–Crippen LogP) is 4.88. The Morgan fingerprint density at radius 1 is 0.931 bits per heavy atom. The van der Waals surface area contributed by atoms with Gasteiger partial charge in [0.15, 0.2) is 5.78 Å². The molecule has 0 aliphatic heterocycles. The van der Waals surface area contributed by atoms with Crippen molar-refractivity contribution in [1.29, 1.82) is 0 Å². The molecule has 0 saturated heterocycles.